The van der Waals surface area contributed by atoms with E-state index in [2.05, 4.69) is 5.32 Å². The van der Waals surface area contributed by atoms with Gasteiger partial charge in [0.15, 0.2) is 0 Å². The normalized spacial score (nSPS) is 10.7. The maximum absolute atomic E-state index is 13.1. The van der Waals surface area contributed by atoms with Gasteiger partial charge in [-0.25, -0.2) is 4.39 Å². The molecule has 0 aliphatic carbocycles. The van der Waals surface area contributed by atoms with Crippen LogP contribution in [-0.2, 0) is 4.79 Å². The van der Waals surface area contributed by atoms with E-state index in [9.17, 15) is 14.0 Å². The van der Waals surface area contributed by atoms with Crippen LogP contribution in [0, 0.1) is 5.82 Å². The van der Waals surface area contributed by atoms with Crippen molar-refractivity contribution < 1.29 is 18.7 Å². The maximum atomic E-state index is 13.1. The van der Waals surface area contributed by atoms with E-state index in [-0.39, 0.29) is 5.69 Å². The van der Waals surface area contributed by atoms with Crippen LogP contribution in [0.1, 0.15) is 10.5 Å². The van der Waals surface area contributed by atoms with Crippen LogP contribution in [-0.4, -0.2) is 23.2 Å². The minimum Gasteiger partial charge on any atom is -0.497 e. The van der Waals surface area contributed by atoms with Gasteiger partial charge in [-0.2, -0.15) is 0 Å². The average Bonchev–Trinajstić information content (AvgIpc) is 3.14. The van der Waals surface area contributed by atoms with Crippen LogP contribution in [0.2, 0.25) is 0 Å². The summed E-state index contributed by atoms with van der Waals surface area (Å²) in [6.45, 7) is 0. The molecule has 0 radical (unpaired) electrons. The van der Waals surface area contributed by atoms with Gasteiger partial charge in [0, 0.05) is 23.0 Å². The van der Waals surface area contributed by atoms with E-state index >= 15 is 0 Å². The van der Waals surface area contributed by atoms with Gasteiger partial charge < -0.3 is 14.5 Å². The quantitative estimate of drug-likeness (QED) is 0.402. The Morgan fingerprint density at radius 2 is 1.69 bits per heavy atom. The van der Waals surface area contributed by atoms with Gasteiger partial charge in [-0.15, -0.1) is 0 Å². The highest BCUT2D eigenvalue weighted by molar-refractivity contribution is 6.47. The smallest absolute Gasteiger partial charge is 0.298 e. The molecule has 0 unspecified atom stereocenters. The highest BCUT2D eigenvalue weighted by Gasteiger charge is 2.24. The third-order valence-electron chi connectivity index (χ3n) is 4.60. The van der Waals surface area contributed by atoms with Gasteiger partial charge in [0.1, 0.15) is 17.3 Å². The number of amides is 1. The zero-order valence-corrected chi connectivity index (χ0v) is 15.6. The number of carbonyl (C=O) groups is 2. The van der Waals surface area contributed by atoms with E-state index in [0.717, 1.165) is 11.1 Å². The summed E-state index contributed by atoms with van der Waals surface area (Å²) in [5.41, 5.74) is 2.81. The van der Waals surface area contributed by atoms with E-state index < -0.39 is 17.5 Å². The van der Waals surface area contributed by atoms with E-state index in [1.54, 1.807) is 35.9 Å². The summed E-state index contributed by atoms with van der Waals surface area (Å²) in [6, 6.07) is 19.9. The predicted molar refractivity (Wildman–Crippen MR) is 109 cm³/mol. The van der Waals surface area contributed by atoms with E-state index in [4.69, 9.17) is 4.74 Å². The highest BCUT2D eigenvalue weighted by Crippen LogP contribution is 2.30. The van der Waals surface area contributed by atoms with Crippen molar-refractivity contribution in [2.75, 3.05) is 12.4 Å². The number of fused-ring (bicyclic) bond motifs is 1. The number of ketones is 1. The number of pyridine rings is 1. The van der Waals surface area contributed by atoms with Crippen LogP contribution in [0.5, 0.6) is 5.75 Å². The van der Waals surface area contributed by atoms with E-state index in [1.165, 1.54) is 24.3 Å². The molecule has 0 saturated heterocycles. The van der Waals surface area contributed by atoms with Gasteiger partial charge >= 0.3 is 0 Å². The fourth-order valence-corrected chi connectivity index (χ4v) is 3.17. The summed E-state index contributed by atoms with van der Waals surface area (Å²) < 4.78 is 20.0. The number of methoxy groups -OCH3 is 1. The predicted octanol–water partition coefficient (Wildman–Crippen LogP) is 4.58. The average molecular weight is 388 g/mol. The largest absolute Gasteiger partial charge is 0.497 e. The molecule has 5 nitrogen and oxygen atoms in total. The van der Waals surface area contributed by atoms with Crippen LogP contribution < -0.4 is 10.1 Å². The minimum absolute atomic E-state index is 0.255. The molecule has 1 amide bonds. The molecule has 0 aliphatic rings. The van der Waals surface area contributed by atoms with Gasteiger partial charge in [-0.3, -0.25) is 9.59 Å². The van der Waals surface area contributed by atoms with Crippen molar-refractivity contribution in [2.24, 2.45) is 0 Å². The van der Waals surface area contributed by atoms with Gasteiger partial charge in [0.25, 0.3) is 11.7 Å². The van der Waals surface area contributed by atoms with Crippen molar-refractivity contribution in [3.8, 4) is 16.9 Å². The lowest BCUT2D eigenvalue weighted by atomic mass is 10.0. The number of nitrogens with zero attached hydrogens (tertiary/aromatic N) is 1. The fraction of sp³-hybridized carbons (Fsp3) is 0.0435. The van der Waals surface area contributed by atoms with Crippen LogP contribution in [0.15, 0.2) is 79.0 Å². The third kappa shape index (κ3) is 3.60. The Morgan fingerprint density at radius 3 is 2.38 bits per heavy atom. The molecule has 0 bridgehead atoms. The fourth-order valence-electron chi connectivity index (χ4n) is 3.17. The van der Waals surface area contributed by atoms with Gasteiger partial charge in [0.2, 0.25) is 0 Å². The van der Waals surface area contributed by atoms with Crippen molar-refractivity contribution >= 4 is 22.9 Å². The Morgan fingerprint density at radius 1 is 0.966 bits per heavy atom. The van der Waals surface area contributed by atoms with Crippen molar-refractivity contribution in [1.82, 2.24) is 4.40 Å². The maximum Gasteiger partial charge on any atom is 0.298 e. The number of aromatic nitrogens is 1. The summed E-state index contributed by atoms with van der Waals surface area (Å²) in [4.78, 5) is 25.7. The first-order valence-corrected chi connectivity index (χ1v) is 8.92. The molecular weight excluding hydrogens is 371 g/mol. The molecule has 144 valence electrons. The van der Waals surface area contributed by atoms with Crippen molar-refractivity contribution in [3.05, 3.63) is 90.5 Å². The number of ether oxygens (including phenoxy) is 1. The highest BCUT2D eigenvalue weighted by atomic mass is 19.1. The number of carbonyl (C=O) groups excluding carboxylic acids is 2. The summed E-state index contributed by atoms with van der Waals surface area (Å²) >= 11 is 0. The molecule has 0 saturated carbocycles. The number of benzene rings is 2. The van der Waals surface area contributed by atoms with Crippen molar-refractivity contribution in [2.45, 2.75) is 0 Å². The molecule has 0 aliphatic heterocycles. The number of hydrogen-bond acceptors (Lipinski definition) is 3. The molecule has 0 spiro atoms. The monoisotopic (exact) mass is 388 g/mol. The van der Waals surface area contributed by atoms with E-state index in [0.29, 0.717) is 17.0 Å². The Bertz CT molecular complexity index is 1200. The molecular formula is C23H17FN2O3. The summed E-state index contributed by atoms with van der Waals surface area (Å²) in [7, 11) is 1.58. The third-order valence-corrected chi connectivity index (χ3v) is 4.60. The van der Waals surface area contributed by atoms with Crippen LogP contribution >= 0.6 is 0 Å². The Labute approximate surface area is 166 Å². The summed E-state index contributed by atoms with van der Waals surface area (Å²) in [5.74, 6) is -1.21. The second-order valence-electron chi connectivity index (χ2n) is 6.42. The molecule has 4 aromatic rings. The Kier molecular flexibility index (Phi) is 4.83. The van der Waals surface area contributed by atoms with Crippen molar-refractivity contribution in [3.63, 3.8) is 0 Å². The first-order valence-electron chi connectivity index (χ1n) is 8.92. The first kappa shape index (κ1) is 18.4. The Hall–Kier alpha value is -3.93. The van der Waals surface area contributed by atoms with E-state index in [1.807, 2.05) is 30.3 Å². The van der Waals surface area contributed by atoms with Crippen molar-refractivity contribution in [1.29, 1.82) is 0 Å². The minimum atomic E-state index is -0.796. The van der Waals surface area contributed by atoms with Crippen LogP contribution in [0.3, 0.4) is 0 Å². The SMILES string of the molecule is COc1ccc(-c2cc3ccccn3c2C(=O)C(=O)Nc2ccc(F)cc2)cc1. The zero-order chi connectivity index (χ0) is 20.4. The standard InChI is InChI=1S/C23H17FN2O3/c1-29-19-11-5-15(6-12-19)20-14-18-4-2-3-13-26(18)21(20)22(27)23(28)25-17-9-7-16(24)8-10-17/h2-14H,1H3,(H,25,28). The number of Topliss-reactive ketones (excluding diaryl/α,β-unsaturated/α-hetero) is 1. The lowest BCUT2D eigenvalue weighted by Crippen LogP contribution is -2.24. The number of rotatable bonds is 5. The lowest BCUT2D eigenvalue weighted by Gasteiger charge is -2.08. The molecule has 2 aromatic carbocycles. The molecule has 6 heteroatoms. The number of halogens is 1. The second kappa shape index (κ2) is 7.59. The molecule has 0 fully saturated rings. The molecule has 2 aromatic heterocycles. The number of anilines is 1. The molecule has 29 heavy (non-hydrogen) atoms. The molecule has 1 N–H and O–H groups in total. The molecule has 2 heterocycles. The van der Waals surface area contributed by atoms with Gasteiger partial charge in [-0.05, 0) is 60.2 Å². The molecule has 4 rings (SSSR count). The lowest BCUT2D eigenvalue weighted by molar-refractivity contribution is -0.112. The van der Waals surface area contributed by atoms with Gasteiger partial charge in [-0.1, -0.05) is 18.2 Å². The second-order valence-corrected chi connectivity index (χ2v) is 6.42. The topological polar surface area (TPSA) is 59.8 Å². The first-order chi connectivity index (χ1) is 14.1. The van der Waals surface area contributed by atoms with Crippen LogP contribution in [0.25, 0.3) is 16.6 Å². The molecule has 0 atom stereocenters. The van der Waals surface area contributed by atoms with Crippen LogP contribution in [0.4, 0.5) is 10.1 Å². The zero-order valence-electron chi connectivity index (χ0n) is 15.6. The van der Waals surface area contributed by atoms with Gasteiger partial charge in [0.05, 0.1) is 7.11 Å². The number of hydrogen-bond donors (Lipinski definition) is 1. The Balaban J connectivity index is 1.75. The summed E-state index contributed by atoms with van der Waals surface area (Å²) in [6.07, 6.45) is 1.74. The summed E-state index contributed by atoms with van der Waals surface area (Å²) in [5, 5.41) is 2.53. The number of nitrogens with one attached hydrogen (secondary N) is 1.